The van der Waals surface area contributed by atoms with Crippen molar-refractivity contribution >= 4 is 5.91 Å². The molecule has 1 aromatic carbocycles. The third kappa shape index (κ3) is 4.50. The van der Waals surface area contributed by atoms with Crippen LogP contribution in [0.4, 0.5) is 0 Å². The molecular formula is C22H27N3O3. The van der Waals surface area contributed by atoms with Crippen molar-refractivity contribution < 1.29 is 14.3 Å². The van der Waals surface area contributed by atoms with Crippen LogP contribution in [0, 0.1) is 13.8 Å². The summed E-state index contributed by atoms with van der Waals surface area (Å²) < 4.78 is 11.7. The lowest BCUT2D eigenvalue weighted by Gasteiger charge is -2.31. The molecule has 0 bridgehead atoms. The second-order valence-corrected chi connectivity index (χ2v) is 7.81. The number of nitrogens with one attached hydrogen (secondary N) is 1. The van der Waals surface area contributed by atoms with Crippen molar-refractivity contribution in [1.82, 2.24) is 15.3 Å². The van der Waals surface area contributed by atoms with Gasteiger partial charge in [0.05, 0.1) is 6.61 Å². The number of hydrogen-bond donors (Lipinski definition) is 1. The average Bonchev–Trinajstić information content (AvgIpc) is 2.68. The van der Waals surface area contributed by atoms with Crippen LogP contribution < -0.4 is 10.1 Å². The summed E-state index contributed by atoms with van der Waals surface area (Å²) in [4.78, 5) is 21.3. The Hall–Kier alpha value is -2.47. The highest BCUT2D eigenvalue weighted by atomic mass is 16.5. The highest BCUT2D eigenvalue weighted by Crippen LogP contribution is 2.24. The van der Waals surface area contributed by atoms with E-state index in [1.165, 1.54) is 11.1 Å². The first-order chi connectivity index (χ1) is 13.6. The molecule has 1 amide bonds. The molecule has 2 aliphatic rings. The van der Waals surface area contributed by atoms with Gasteiger partial charge in [-0.2, -0.15) is 0 Å². The molecule has 0 radical (unpaired) electrons. The molecule has 0 spiro atoms. The van der Waals surface area contributed by atoms with Gasteiger partial charge in [-0.3, -0.25) is 4.79 Å². The molecule has 1 atom stereocenters. The fourth-order valence-electron chi connectivity index (χ4n) is 4.03. The Morgan fingerprint density at radius 3 is 2.46 bits per heavy atom. The second kappa shape index (κ2) is 8.27. The van der Waals surface area contributed by atoms with Crippen LogP contribution in [0.5, 0.6) is 6.01 Å². The van der Waals surface area contributed by atoms with E-state index in [1.54, 1.807) is 0 Å². The van der Waals surface area contributed by atoms with E-state index >= 15 is 0 Å². The number of aromatic nitrogens is 2. The van der Waals surface area contributed by atoms with E-state index in [0.29, 0.717) is 19.0 Å². The van der Waals surface area contributed by atoms with Gasteiger partial charge in [0.2, 0.25) is 5.91 Å². The Morgan fingerprint density at radius 1 is 1.07 bits per heavy atom. The molecular weight excluding hydrogens is 354 g/mol. The summed E-state index contributed by atoms with van der Waals surface area (Å²) in [6.07, 6.45) is 3.91. The first kappa shape index (κ1) is 18.9. The summed E-state index contributed by atoms with van der Waals surface area (Å²) in [6.45, 7) is 4.39. The molecule has 1 aromatic heterocycles. The normalized spacial score (nSPS) is 24.3. The molecule has 1 aliphatic heterocycles. The predicted molar refractivity (Wildman–Crippen MR) is 105 cm³/mol. The SMILES string of the molecule is Cc1cc(C)nc(OC2CCC(NC(=O)C3Cc4ccccc4CO3)CC2)n1. The zero-order chi connectivity index (χ0) is 19.5. The second-order valence-electron chi connectivity index (χ2n) is 7.81. The van der Waals surface area contributed by atoms with Gasteiger partial charge in [-0.05, 0) is 56.7 Å². The summed E-state index contributed by atoms with van der Waals surface area (Å²) >= 11 is 0. The molecule has 148 valence electrons. The van der Waals surface area contributed by atoms with Gasteiger partial charge in [0.25, 0.3) is 0 Å². The Morgan fingerprint density at radius 2 is 1.75 bits per heavy atom. The number of carbonyl (C=O) groups excluding carboxylic acids is 1. The van der Waals surface area contributed by atoms with E-state index in [2.05, 4.69) is 27.4 Å². The maximum Gasteiger partial charge on any atom is 0.317 e. The minimum absolute atomic E-state index is 0.00323. The van der Waals surface area contributed by atoms with Crippen LogP contribution in [0.1, 0.15) is 48.2 Å². The monoisotopic (exact) mass is 381 g/mol. The quantitative estimate of drug-likeness (QED) is 0.881. The molecule has 2 aromatic rings. The highest BCUT2D eigenvalue weighted by molar-refractivity contribution is 5.81. The molecule has 1 fully saturated rings. The zero-order valence-corrected chi connectivity index (χ0v) is 16.5. The largest absolute Gasteiger partial charge is 0.460 e. The zero-order valence-electron chi connectivity index (χ0n) is 16.5. The summed E-state index contributed by atoms with van der Waals surface area (Å²) in [5.74, 6) is -0.00323. The van der Waals surface area contributed by atoms with E-state index in [-0.39, 0.29) is 18.1 Å². The Labute approximate surface area is 165 Å². The van der Waals surface area contributed by atoms with Gasteiger partial charge in [0.15, 0.2) is 0 Å². The Bertz CT molecular complexity index is 826. The molecule has 1 saturated carbocycles. The van der Waals surface area contributed by atoms with Crippen LogP contribution in [0.15, 0.2) is 30.3 Å². The van der Waals surface area contributed by atoms with Crippen molar-refractivity contribution in [1.29, 1.82) is 0 Å². The first-order valence-corrected chi connectivity index (χ1v) is 10.0. The number of rotatable bonds is 4. The van der Waals surface area contributed by atoms with Crippen molar-refractivity contribution in [3.63, 3.8) is 0 Å². The van der Waals surface area contributed by atoms with Gasteiger partial charge in [0.1, 0.15) is 12.2 Å². The van der Waals surface area contributed by atoms with Crippen LogP contribution in [-0.2, 0) is 22.6 Å². The number of amides is 1. The average molecular weight is 381 g/mol. The summed E-state index contributed by atoms with van der Waals surface area (Å²) in [7, 11) is 0. The van der Waals surface area contributed by atoms with Crippen molar-refractivity contribution in [2.24, 2.45) is 0 Å². The number of fused-ring (bicyclic) bond motifs is 1. The van der Waals surface area contributed by atoms with E-state index in [4.69, 9.17) is 9.47 Å². The molecule has 0 saturated heterocycles. The van der Waals surface area contributed by atoms with Crippen molar-refractivity contribution in [2.45, 2.75) is 70.8 Å². The van der Waals surface area contributed by atoms with Gasteiger partial charge >= 0.3 is 6.01 Å². The summed E-state index contributed by atoms with van der Waals surface area (Å²) in [6, 6.07) is 10.7. The van der Waals surface area contributed by atoms with E-state index in [9.17, 15) is 4.79 Å². The number of nitrogens with zero attached hydrogens (tertiary/aromatic N) is 2. The highest BCUT2D eigenvalue weighted by Gasteiger charge is 2.29. The van der Waals surface area contributed by atoms with Gasteiger partial charge in [-0.1, -0.05) is 24.3 Å². The van der Waals surface area contributed by atoms with Crippen LogP contribution in [0.2, 0.25) is 0 Å². The molecule has 1 aliphatic carbocycles. The Balaban J connectivity index is 1.26. The van der Waals surface area contributed by atoms with Crippen LogP contribution in [0.25, 0.3) is 0 Å². The molecule has 2 heterocycles. The Kier molecular flexibility index (Phi) is 5.57. The molecule has 1 unspecified atom stereocenters. The predicted octanol–water partition coefficient (Wildman–Crippen LogP) is 3.04. The van der Waals surface area contributed by atoms with Gasteiger partial charge in [-0.25, -0.2) is 9.97 Å². The number of aryl methyl sites for hydroxylation is 2. The first-order valence-electron chi connectivity index (χ1n) is 10.0. The lowest BCUT2D eigenvalue weighted by Crippen LogP contribution is -2.46. The van der Waals surface area contributed by atoms with Crippen molar-refractivity contribution in [3.8, 4) is 6.01 Å². The number of ether oxygens (including phenoxy) is 2. The van der Waals surface area contributed by atoms with Gasteiger partial charge in [0, 0.05) is 23.9 Å². The minimum atomic E-state index is -0.396. The van der Waals surface area contributed by atoms with Crippen molar-refractivity contribution in [2.75, 3.05) is 0 Å². The minimum Gasteiger partial charge on any atom is -0.460 e. The third-order valence-corrected chi connectivity index (χ3v) is 5.51. The lowest BCUT2D eigenvalue weighted by molar-refractivity contribution is -0.135. The molecule has 4 rings (SSSR count). The van der Waals surface area contributed by atoms with Gasteiger partial charge in [-0.15, -0.1) is 0 Å². The van der Waals surface area contributed by atoms with Gasteiger partial charge < -0.3 is 14.8 Å². The fraction of sp³-hybridized carbons (Fsp3) is 0.500. The third-order valence-electron chi connectivity index (χ3n) is 5.51. The standard InChI is InChI=1S/C22H27N3O3/c1-14-11-15(2)24-22(23-14)28-19-9-7-18(8-10-19)25-21(26)20-12-16-5-3-4-6-17(16)13-27-20/h3-6,11,18-20H,7-10,12-13H2,1-2H3,(H,25,26). The fourth-order valence-corrected chi connectivity index (χ4v) is 4.03. The van der Waals surface area contributed by atoms with E-state index in [1.807, 2.05) is 32.0 Å². The maximum absolute atomic E-state index is 12.6. The molecule has 6 heteroatoms. The lowest BCUT2D eigenvalue weighted by atomic mass is 9.92. The van der Waals surface area contributed by atoms with Crippen LogP contribution >= 0.6 is 0 Å². The van der Waals surface area contributed by atoms with Crippen LogP contribution in [0.3, 0.4) is 0 Å². The summed E-state index contributed by atoms with van der Waals surface area (Å²) in [5, 5.41) is 3.17. The number of benzene rings is 1. The smallest absolute Gasteiger partial charge is 0.317 e. The van der Waals surface area contributed by atoms with E-state index in [0.717, 1.165) is 37.1 Å². The number of carbonyl (C=O) groups is 1. The molecule has 28 heavy (non-hydrogen) atoms. The van der Waals surface area contributed by atoms with Crippen molar-refractivity contribution in [3.05, 3.63) is 52.8 Å². The maximum atomic E-state index is 12.6. The van der Waals surface area contributed by atoms with Crippen LogP contribution in [-0.4, -0.2) is 34.1 Å². The summed E-state index contributed by atoms with van der Waals surface area (Å²) in [5.41, 5.74) is 4.22. The molecule has 1 N–H and O–H groups in total. The number of hydrogen-bond acceptors (Lipinski definition) is 5. The topological polar surface area (TPSA) is 73.3 Å². The molecule has 6 nitrogen and oxygen atoms in total. The van der Waals surface area contributed by atoms with E-state index < -0.39 is 6.10 Å².